The molecule has 9 heteroatoms. The van der Waals surface area contributed by atoms with Crippen LogP contribution in [0.5, 0.6) is 0 Å². The summed E-state index contributed by atoms with van der Waals surface area (Å²) >= 11 is 0. The Bertz CT molecular complexity index is 757. The van der Waals surface area contributed by atoms with Crippen molar-refractivity contribution in [3.8, 4) is 0 Å². The number of halogens is 1. The van der Waals surface area contributed by atoms with Gasteiger partial charge >= 0.3 is 0 Å². The minimum Gasteiger partial charge on any atom is -0.357 e. The van der Waals surface area contributed by atoms with Crippen molar-refractivity contribution in [1.82, 2.24) is 15.5 Å². The van der Waals surface area contributed by atoms with Gasteiger partial charge in [-0.25, -0.2) is 8.42 Å². The van der Waals surface area contributed by atoms with Crippen LogP contribution in [0.2, 0.25) is 0 Å². The molecule has 1 aliphatic rings. The average molecular weight is 551 g/mol. The SMILES string of the molecule is CCNC(=NCCCN1CCCCCC1=O)NCCCS(=O)(=O)c1ccccc1.I. The summed E-state index contributed by atoms with van der Waals surface area (Å²) in [6, 6.07) is 8.54. The number of rotatable bonds is 10. The minimum absolute atomic E-state index is 0. The highest BCUT2D eigenvalue weighted by Gasteiger charge is 2.16. The van der Waals surface area contributed by atoms with E-state index in [2.05, 4.69) is 15.6 Å². The number of aliphatic imine (C=N–C) groups is 1. The lowest BCUT2D eigenvalue weighted by atomic mass is 10.2. The zero-order valence-electron chi connectivity index (χ0n) is 17.8. The van der Waals surface area contributed by atoms with E-state index in [-0.39, 0.29) is 35.6 Å². The van der Waals surface area contributed by atoms with Crippen molar-refractivity contribution >= 4 is 45.7 Å². The van der Waals surface area contributed by atoms with Gasteiger partial charge in [0, 0.05) is 39.1 Å². The molecular formula is C21H35IN4O3S. The molecule has 7 nitrogen and oxygen atoms in total. The molecule has 2 N–H and O–H groups in total. The molecule has 0 atom stereocenters. The van der Waals surface area contributed by atoms with Crippen LogP contribution < -0.4 is 10.6 Å². The number of carbonyl (C=O) groups is 1. The van der Waals surface area contributed by atoms with E-state index in [0.29, 0.717) is 36.8 Å². The van der Waals surface area contributed by atoms with Gasteiger partial charge < -0.3 is 15.5 Å². The first kappa shape index (κ1) is 26.7. The molecule has 0 aliphatic carbocycles. The van der Waals surface area contributed by atoms with Gasteiger partial charge in [0.1, 0.15) is 0 Å². The van der Waals surface area contributed by atoms with E-state index in [1.807, 2.05) is 17.9 Å². The van der Waals surface area contributed by atoms with Crippen LogP contribution in [0.4, 0.5) is 0 Å². The Kier molecular flexibility index (Phi) is 13.0. The zero-order valence-corrected chi connectivity index (χ0v) is 21.0. The summed E-state index contributed by atoms with van der Waals surface area (Å²) in [6.07, 6.45) is 5.22. The number of nitrogens with zero attached hydrogens (tertiary/aromatic N) is 2. The molecule has 170 valence electrons. The van der Waals surface area contributed by atoms with E-state index in [1.165, 1.54) is 0 Å². The van der Waals surface area contributed by atoms with Gasteiger partial charge in [-0.3, -0.25) is 9.79 Å². The summed E-state index contributed by atoms with van der Waals surface area (Å²) in [4.78, 5) is 18.9. The molecule has 2 rings (SSSR count). The predicted molar refractivity (Wildman–Crippen MR) is 132 cm³/mol. The molecule has 1 heterocycles. The first-order valence-electron chi connectivity index (χ1n) is 10.6. The summed E-state index contributed by atoms with van der Waals surface area (Å²) < 4.78 is 24.6. The van der Waals surface area contributed by atoms with Crippen molar-refractivity contribution in [2.75, 3.05) is 38.5 Å². The van der Waals surface area contributed by atoms with E-state index in [0.717, 1.165) is 45.3 Å². The molecular weight excluding hydrogens is 515 g/mol. The molecule has 0 bridgehead atoms. The third-order valence-corrected chi connectivity index (χ3v) is 6.67. The molecule has 0 spiro atoms. The number of carbonyl (C=O) groups excluding carboxylic acids is 1. The highest BCUT2D eigenvalue weighted by atomic mass is 127. The van der Waals surface area contributed by atoms with Gasteiger partial charge in [0.2, 0.25) is 5.91 Å². The predicted octanol–water partition coefficient (Wildman–Crippen LogP) is 2.82. The number of guanidine groups is 1. The van der Waals surface area contributed by atoms with Crippen molar-refractivity contribution in [2.45, 2.75) is 50.3 Å². The molecule has 1 aromatic carbocycles. The summed E-state index contributed by atoms with van der Waals surface area (Å²) in [5.41, 5.74) is 0. The van der Waals surface area contributed by atoms with Gasteiger partial charge in [-0.2, -0.15) is 0 Å². The Labute approximate surface area is 198 Å². The standard InChI is InChI=1S/C21H34N4O3S.HI/c1-2-22-21(23-14-9-17-25-16-8-4-7-13-20(25)26)24-15-10-18-29(27,28)19-11-5-3-6-12-19;/h3,5-6,11-12H,2,4,7-10,13-18H2,1H3,(H2,22,23,24);1H. The third kappa shape index (κ3) is 9.63. The topological polar surface area (TPSA) is 90.9 Å². The molecule has 0 saturated carbocycles. The molecule has 1 saturated heterocycles. The second-order valence-corrected chi connectivity index (χ2v) is 9.33. The van der Waals surface area contributed by atoms with Crippen LogP contribution in [0.25, 0.3) is 0 Å². The lowest BCUT2D eigenvalue weighted by Crippen LogP contribution is -2.38. The Morgan fingerprint density at radius 1 is 1.10 bits per heavy atom. The quantitative estimate of drug-likeness (QED) is 0.203. The van der Waals surface area contributed by atoms with Gasteiger partial charge in [-0.15, -0.1) is 24.0 Å². The van der Waals surface area contributed by atoms with Gasteiger partial charge in [0.25, 0.3) is 0 Å². The van der Waals surface area contributed by atoms with Crippen LogP contribution in [-0.2, 0) is 14.6 Å². The van der Waals surface area contributed by atoms with Crippen LogP contribution >= 0.6 is 24.0 Å². The number of hydrogen-bond acceptors (Lipinski definition) is 4. The van der Waals surface area contributed by atoms with Crippen molar-refractivity contribution in [3.63, 3.8) is 0 Å². The third-order valence-electron chi connectivity index (χ3n) is 4.86. The molecule has 1 aromatic rings. The normalized spacial score (nSPS) is 15.3. The number of amides is 1. The monoisotopic (exact) mass is 550 g/mol. The van der Waals surface area contributed by atoms with Gasteiger partial charge in [-0.1, -0.05) is 24.6 Å². The number of nitrogens with one attached hydrogen (secondary N) is 2. The Morgan fingerprint density at radius 2 is 1.87 bits per heavy atom. The molecule has 0 aromatic heterocycles. The number of sulfone groups is 1. The van der Waals surface area contributed by atoms with E-state index in [1.54, 1.807) is 24.3 Å². The van der Waals surface area contributed by atoms with Crippen molar-refractivity contribution in [2.24, 2.45) is 4.99 Å². The van der Waals surface area contributed by atoms with Crippen molar-refractivity contribution < 1.29 is 13.2 Å². The molecule has 0 unspecified atom stereocenters. The second-order valence-electron chi connectivity index (χ2n) is 7.22. The van der Waals surface area contributed by atoms with E-state index in [4.69, 9.17) is 0 Å². The first-order chi connectivity index (χ1) is 14.0. The molecule has 30 heavy (non-hydrogen) atoms. The fourth-order valence-electron chi connectivity index (χ4n) is 3.28. The average Bonchev–Trinajstić information content (AvgIpc) is 2.93. The van der Waals surface area contributed by atoms with Crippen LogP contribution in [0.1, 0.15) is 45.4 Å². The number of likely N-dealkylation sites (tertiary alicyclic amines) is 1. The Morgan fingerprint density at radius 3 is 2.60 bits per heavy atom. The van der Waals surface area contributed by atoms with Crippen molar-refractivity contribution in [3.05, 3.63) is 30.3 Å². The maximum Gasteiger partial charge on any atom is 0.222 e. The lowest BCUT2D eigenvalue weighted by molar-refractivity contribution is -0.130. The Balaban J connectivity index is 0.00000450. The highest BCUT2D eigenvalue weighted by molar-refractivity contribution is 14.0. The summed E-state index contributed by atoms with van der Waals surface area (Å²) in [7, 11) is -3.25. The van der Waals surface area contributed by atoms with Gasteiger partial charge in [0.05, 0.1) is 10.6 Å². The molecule has 0 radical (unpaired) electrons. The maximum atomic E-state index is 12.3. The van der Waals surface area contributed by atoms with Crippen LogP contribution in [0.15, 0.2) is 40.2 Å². The highest BCUT2D eigenvalue weighted by Crippen LogP contribution is 2.12. The minimum atomic E-state index is -3.25. The van der Waals surface area contributed by atoms with Crippen LogP contribution in [0.3, 0.4) is 0 Å². The summed E-state index contributed by atoms with van der Waals surface area (Å²) in [6.45, 7) is 5.49. The fourth-order valence-corrected chi connectivity index (χ4v) is 4.62. The summed E-state index contributed by atoms with van der Waals surface area (Å²) in [5, 5.41) is 6.37. The van der Waals surface area contributed by atoms with E-state index >= 15 is 0 Å². The smallest absolute Gasteiger partial charge is 0.222 e. The van der Waals surface area contributed by atoms with Crippen molar-refractivity contribution in [1.29, 1.82) is 0 Å². The lowest BCUT2D eigenvalue weighted by Gasteiger charge is -2.20. The number of benzene rings is 1. The van der Waals surface area contributed by atoms with Gasteiger partial charge in [0.15, 0.2) is 15.8 Å². The van der Waals surface area contributed by atoms with Gasteiger partial charge in [-0.05, 0) is 44.7 Å². The maximum absolute atomic E-state index is 12.3. The van der Waals surface area contributed by atoms with E-state index < -0.39 is 9.84 Å². The molecule has 1 amide bonds. The second kappa shape index (κ2) is 14.6. The first-order valence-corrected chi connectivity index (χ1v) is 12.3. The summed E-state index contributed by atoms with van der Waals surface area (Å²) in [5.74, 6) is 1.04. The van der Waals surface area contributed by atoms with Crippen LogP contribution in [-0.4, -0.2) is 63.7 Å². The molecule has 1 fully saturated rings. The van der Waals surface area contributed by atoms with E-state index in [9.17, 15) is 13.2 Å². The number of hydrogen-bond donors (Lipinski definition) is 2. The molecule has 1 aliphatic heterocycles. The zero-order chi connectivity index (χ0) is 21.0. The fraction of sp³-hybridized carbons (Fsp3) is 0.619. The largest absolute Gasteiger partial charge is 0.357 e. The van der Waals surface area contributed by atoms with Crippen LogP contribution in [0, 0.1) is 0 Å². The Hall–Kier alpha value is -1.36.